The van der Waals surface area contributed by atoms with Crippen molar-refractivity contribution < 1.29 is 68.1 Å². The van der Waals surface area contributed by atoms with Gasteiger partial charge in [0.05, 0.1) is 25.1 Å². The maximum Gasteiger partial charge on any atom is 0.326 e. The average molecular weight is 1010 g/mol. The number of nitrogens with one attached hydrogen (secondary N) is 8. The average Bonchev–Trinajstić information content (AvgIpc) is 3.25. The summed E-state index contributed by atoms with van der Waals surface area (Å²) in [6.07, 6.45) is 0.924. The van der Waals surface area contributed by atoms with E-state index in [1.807, 2.05) is 6.92 Å². The van der Waals surface area contributed by atoms with Crippen LogP contribution < -0.4 is 54.0 Å². The molecule has 68 heavy (non-hydrogen) atoms. The maximum atomic E-state index is 13.9. The van der Waals surface area contributed by atoms with Gasteiger partial charge in [-0.3, -0.25) is 47.9 Å². The molecule has 10 atom stereocenters. The number of primary amides is 1. The van der Waals surface area contributed by atoms with E-state index in [0.29, 0.717) is 12.2 Å². The lowest BCUT2D eigenvalue weighted by atomic mass is 9.99. The minimum Gasteiger partial charge on any atom is -0.481 e. The van der Waals surface area contributed by atoms with E-state index in [-0.39, 0.29) is 36.9 Å². The van der Waals surface area contributed by atoms with Crippen LogP contribution in [0.5, 0.6) is 0 Å². The zero-order chi connectivity index (χ0) is 52.4. The predicted octanol–water partition coefficient (Wildman–Crippen LogP) is -2.72. The molecule has 0 fully saturated rings. The lowest BCUT2D eigenvalue weighted by molar-refractivity contribution is -0.143. The van der Waals surface area contributed by atoms with Crippen LogP contribution in [0.2, 0.25) is 0 Å². The summed E-state index contributed by atoms with van der Waals surface area (Å²) in [5, 5.41) is 48.4. The summed E-state index contributed by atoms with van der Waals surface area (Å²) >= 11 is 2.64. The first-order valence-electron chi connectivity index (χ1n) is 22.2. The first kappa shape index (κ1) is 62.8. The van der Waals surface area contributed by atoms with Crippen LogP contribution >= 0.6 is 23.5 Å². The highest BCUT2D eigenvalue weighted by Gasteiger charge is 2.36. The number of rotatable bonds is 34. The molecule has 0 saturated carbocycles. The molecule has 0 aromatic carbocycles. The summed E-state index contributed by atoms with van der Waals surface area (Å²) < 4.78 is 0. The van der Waals surface area contributed by atoms with Gasteiger partial charge in [-0.1, -0.05) is 48.0 Å². The Balaban J connectivity index is 6.28. The molecule has 0 unspecified atom stereocenters. The van der Waals surface area contributed by atoms with Crippen molar-refractivity contribution in [3.8, 4) is 0 Å². The number of carboxylic acids is 2. The predicted molar refractivity (Wildman–Crippen MR) is 254 cm³/mol. The van der Waals surface area contributed by atoms with Gasteiger partial charge in [0.25, 0.3) is 0 Å². The number of hydrogen-bond acceptors (Lipinski definition) is 15. The number of amides is 9. The zero-order valence-corrected chi connectivity index (χ0v) is 41.9. The topological polar surface area (TPSA) is 397 Å². The fraction of sp³-hybridized carbons (Fsp3) is 0.738. The molecule has 0 aliphatic rings. The molecule has 0 radical (unpaired) electrons. The van der Waals surface area contributed by atoms with E-state index in [1.54, 1.807) is 47.1 Å². The number of aliphatic hydroxyl groups is 1. The molecule has 24 nitrogen and oxygen atoms in total. The summed E-state index contributed by atoms with van der Waals surface area (Å²) in [6.45, 7) is 10.7. The summed E-state index contributed by atoms with van der Waals surface area (Å²) in [5.74, 6) is -11.3. The van der Waals surface area contributed by atoms with Crippen LogP contribution in [-0.2, 0) is 52.7 Å². The Kier molecular flexibility index (Phi) is 30.0. The second-order valence-corrected chi connectivity index (χ2v) is 19.1. The van der Waals surface area contributed by atoms with Crippen LogP contribution in [0.25, 0.3) is 0 Å². The monoisotopic (exact) mass is 1010 g/mol. The molecule has 0 saturated heterocycles. The number of carbonyl (C=O) groups excluding carboxylic acids is 9. The largest absolute Gasteiger partial charge is 0.481 e. The number of hydrogen-bond donors (Lipinski definition) is 13. The molecule has 0 aliphatic carbocycles. The molecule has 15 N–H and O–H groups in total. The molecular formula is C42H74N10O14S2. The van der Waals surface area contributed by atoms with Crippen LogP contribution in [0, 0.1) is 17.8 Å². The Labute approximate surface area is 405 Å². The highest BCUT2D eigenvalue weighted by atomic mass is 32.2. The Hall–Kier alpha value is -5.21. The van der Waals surface area contributed by atoms with Crippen LogP contribution in [0.15, 0.2) is 0 Å². The highest BCUT2D eigenvalue weighted by Crippen LogP contribution is 2.11. The quantitative estimate of drug-likeness (QED) is 0.0312. The Morgan fingerprint density at radius 2 is 1.04 bits per heavy atom. The lowest BCUT2D eigenvalue weighted by Crippen LogP contribution is -2.61. The number of carboxylic acid groups (broad SMARTS) is 2. The third-order valence-corrected chi connectivity index (χ3v) is 11.7. The van der Waals surface area contributed by atoms with Gasteiger partial charge in [-0.25, -0.2) is 4.79 Å². The first-order chi connectivity index (χ1) is 31.7. The minimum atomic E-state index is -1.68. The van der Waals surface area contributed by atoms with Crippen LogP contribution in [0.3, 0.4) is 0 Å². The Morgan fingerprint density at radius 3 is 1.53 bits per heavy atom. The molecule has 0 aromatic rings. The number of carbonyl (C=O) groups is 11. The van der Waals surface area contributed by atoms with Crippen LogP contribution in [0.1, 0.15) is 93.4 Å². The smallest absolute Gasteiger partial charge is 0.326 e. The molecular weight excluding hydrogens is 933 g/mol. The van der Waals surface area contributed by atoms with Gasteiger partial charge in [-0.15, -0.1) is 0 Å². The van der Waals surface area contributed by atoms with Crippen molar-refractivity contribution in [2.45, 2.75) is 148 Å². The minimum absolute atomic E-state index is 0.00464. The van der Waals surface area contributed by atoms with Crippen molar-refractivity contribution >= 4 is 88.6 Å². The van der Waals surface area contributed by atoms with Crippen molar-refractivity contribution in [3.05, 3.63) is 0 Å². The third kappa shape index (κ3) is 24.2. The van der Waals surface area contributed by atoms with Gasteiger partial charge in [-0.05, 0) is 74.4 Å². The lowest BCUT2D eigenvalue weighted by Gasteiger charge is -2.28. The number of thioether (sulfide) groups is 2. The van der Waals surface area contributed by atoms with Gasteiger partial charge >= 0.3 is 11.9 Å². The van der Waals surface area contributed by atoms with E-state index in [0.717, 1.165) is 0 Å². The van der Waals surface area contributed by atoms with Gasteiger partial charge in [-0.2, -0.15) is 23.5 Å². The Morgan fingerprint density at radius 1 is 0.574 bits per heavy atom. The summed E-state index contributed by atoms with van der Waals surface area (Å²) in [5.41, 5.74) is 11.4. The zero-order valence-electron chi connectivity index (χ0n) is 40.3. The van der Waals surface area contributed by atoms with Crippen molar-refractivity contribution in [2.75, 3.05) is 30.6 Å². The molecule has 0 spiro atoms. The van der Waals surface area contributed by atoms with E-state index in [2.05, 4.69) is 42.5 Å². The SMILES string of the molecule is CC[C@H](C)[C@H](N)C(=O)N[C@H](C(=O)NCC(=O)N[C@@H](CC(C)C)C(=O)N[C@@H](CC(N)=O)C(=O)N[C@@H](CCSC)C(=O)N[C@H](C(=O)N[C@@H](CCC(=O)O)C(=O)N[C@@H](CCSC)C(=O)O)C(C)C)[C@@H](C)O. The number of aliphatic carboxylic acids is 2. The molecule has 9 amide bonds. The third-order valence-electron chi connectivity index (χ3n) is 10.4. The van der Waals surface area contributed by atoms with Gasteiger partial charge < -0.3 is 69.3 Å². The molecule has 0 bridgehead atoms. The van der Waals surface area contributed by atoms with Crippen LogP contribution in [0.4, 0.5) is 0 Å². The fourth-order valence-corrected chi connectivity index (χ4v) is 7.15. The molecule has 388 valence electrons. The van der Waals surface area contributed by atoms with E-state index in [1.165, 1.54) is 30.4 Å². The highest BCUT2D eigenvalue weighted by molar-refractivity contribution is 7.98. The molecule has 0 rings (SSSR count). The summed E-state index contributed by atoms with van der Waals surface area (Å²) in [4.78, 5) is 142. The summed E-state index contributed by atoms with van der Waals surface area (Å²) in [6, 6.07) is -11.1. The van der Waals surface area contributed by atoms with Crippen molar-refractivity contribution in [1.82, 2.24) is 42.5 Å². The van der Waals surface area contributed by atoms with E-state index in [9.17, 15) is 68.1 Å². The molecule has 0 aliphatic heterocycles. The fourth-order valence-electron chi connectivity index (χ4n) is 6.20. The molecule has 26 heteroatoms. The van der Waals surface area contributed by atoms with Gasteiger partial charge in [0, 0.05) is 6.42 Å². The van der Waals surface area contributed by atoms with Gasteiger partial charge in [0.1, 0.15) is 42.3 Å². The normalized spacial score (nSPS) is 15.6. The first-order valence-corrected chi connectivity index (χ1v) is 25.0. The Bertz CT molecular complexity index is 1740. The van der Waals surface area contributed by atoms with E-state index >= 15 is 0 Å². The van der Waals surface area contributed by atoms with Crippen molar-refractivity contribution in [1.29, 1.82) is 0 Å². The van der Waals surface area contributed by atoms with Gasteiger partial charge in [0.15, 0.2) is 0 Å². The van der Waals surface area contributed by atoms with Crippen molar-refractivity contribution in [2.24, 2.45) is 29.2 Å². The standard InChI is InChI=1S/C42H74N10O14S2/c1-10-22(6)32(44)39(62)52-34(23(7)53)40(63)45-19-30(55)46-27(17-20(2)3)37(60)50-28(18-29(43)54)38(61)47-25(13-15-67-8)36(59)51-33(21(4)5)41(64)48-24(11-12-31(56)57)35(58)49-26(42(65)66)14-16-68-9/h20-28,32-34,53H,10-19,44H2,1-9H3,(H2,43,54)(H,45,63)(H,46,55)(H,47,61)(H,48,64)(H,49,58)(H,50,60)(H,51,59)(H,52,62)(H,56,57)(H,65,66)/t22-,23+,24-,25-,26-,27-,28-,32-,33-,34-/m0/s1. The second kappa shape index (κ2) is 32.5. The van der Waals surface area contributed by atoms with Crippen LogP contribution in [-0.4, -0.2) is 165 Å². The summed E-state index contributed by atoms with van der Waals surface area (Å²) in [7, 11) is 0. The number of aliphatic hydroxyl groups excluding tert-OH is 1. The van der Waals surface area contributed by atoms with E-state index < -0.39 is 151 Å². The molecule has 0 aromatic heterocycles. The number of nitrogens with two attached hydrogens (primary N) is 2. The van der Waals surface area contributed by atoms with E-state index in [4.69, 9.17) is 11.5 Å². The van der Waals surface area contributed by atoms with Crippen molar-refractivity contribution in [3.63, 3.8) is 0 Å². The van der Waals surface area contributed by atoms with Gasteiger partial charge in [0.2, 0.25) is 53.2 Å². The second-order valence-electron chi connectivity index (χ2n) is 17.1. The molecule has 0 heterocycles. The maximum absolute atomic E-state index is 13.9.